The lowest BCUT2D eigenvalue weighted by Gasteiger charge is -2.10. The second-order valence-electron chi connectivity index (χ2n) is 5.58. The number of thioether (sulfide) groups is 1. The number of aryl methyl sites for hydroxylation is 1. The van der Waals surface area contributed by atoms with Gasteiger partial charge in [0.25, 0.3) is 0 Å². The molecule has 0 saturated heterocycles. The van der Waals surface area contributed by atoms with E-state index in [0.29, 0.717) is 17.5 Å². The van der Waals surface area contributed by atoms with Crippen LogP contribution in [0.2, 0.25) is 0 Å². The van der Waals surface area contributed by atoms with E-state index in [9.17, 15) is 4.39 Å². The Kier molecular flexibility index (Phi) is 5.83. The van der Waals surface area contributed by atoms with Gasteiger partial charge >= 0.3 is 0 Å². The standard InChI is InChI=1S/C18H22FNS/c1-13(2)20-11-15-7-8-18(17(19)10-15)21-12-16-6-4-5-14(3)9-16/h4-10,13,20H,11-12H2,1-3H3. The van der Waals surface area contributed by atoms with E-state index in [4.69, 9.17) is 0 Å². The second kappa shape index (κ2) is 7.62. The van der Waals surface area contributed by atoms with E-state index in [-0.39, 0.29) is 5.82 Å². The third-order valence-electron chi connectivity index (χ3n) is 3.19. The molecular formula is C18H22FNS. The van der Waals surface area contributed by atoms with E-state index in [0.717, 1.165) is 11.3 Å². The van der Waals surface area contributed by atoms with Crippen molar-refractivity contribution in [2.75, 3.05) is 0 Å². The van der Waals surface area contributed by atoms with Crippen molar-refractivity contribution in [3.8, 4) is 0 Å². The lowest BCUT2D eigenvalue weighted by Crippen LogP contribution is -2.21. The van der Waals surface area contributed by atoms with E-state index >= 15 is 0 Å². The van der Waals surface area contributed by atoms with Gasteiger partial charge in [-0.1, -0.05) is 49.7 Å². The van der Waals surface area contributed by atoms with E-state index in [1.165, 1.54) is 11.1 Å². The molecule has 2 rings (SSSR count). The zero-order chi connectivity index (χ0) is 15.2. The van der Waals surface area contributed by atoms with Gasteiger partial charge in [-0.25, -0.2) is 4.39 Å². The molecule has 0 aromatic heterocycles. The minimum Gasteiger partial charge on any atom is -0.310 e. The molecule has 1 nitrogen and oxygen atoms in total. The van der Waals surface area contributed by atoms with Gasteiger partial charge in [-0.2, -0.15) is 0 Å². The van der Waals surface area contributed by atoms with E-state index in [2.05, 4.69) is 44.3 Å². The summed E-state index contributed by atoms with van der Waals surface area (Å²) >= 11 is 1.55. The van der Waals surface area contributed by atoms with Crippen LogP contribution in [-0.4, -0.2) is 6.04 Å². The highest BCUT2D eigenvalue weighted by Gasteiger charge is 2.05. The number of benzene rings is 2. The van der Waals surface area contributed by atoms with Crippen LogP contribution in [0.4, 0.5) is 4.39 Å². The molecule has 0 spiro atoms. The summed E-state index contributed by atoms with van der Waals surface area (Å²) in [7, 11) is 0. The average molecular weight is 303 g/mol. The third kappa shape index (κ3) is 5.18. The number of rotatable bonds is 6. The molecule has 2 aromatic carbocycles. The quantitative estimate of drug-likeness (QED) is 0.760. The van der Waals surface area contributed by atoms with Crippen LogP contribution in [0.5, 0.6) is 0 Å². The van der Waals surface area contributed by atoms with Gasteiger partial charge in [0.2, 0.25) is 0 Å². The van der Waals surface area contributed by atoms with E-state index in [1.54, 1.807) is 17.8 Å². The highest BCUT2D eigenvalue weighted by molar-refractivity contribution is 7.98. The van der Waals surface area contributed by atoms with Crippen molar-refractivity contribution in [2.45, 2.75) is 44.0 Å². The number of halogens is 1. The van der Waals surface area contributed by atoms with Gasteiger partial charge in [0.1, 0.15) is 5.82 Å². The van der Waals surface area contributed by atoms with E-state index in [1.807, 2.05) is 18.2 Å². The maximum absolute atomic E-state index is 14.1. The molecule has 21 heavy (non-hydrogen) atoms. The van der Waals surface area contributed by atoms with Crippen LogP contribution in [0.25, 0.3) is 0 Å². The fourth-order valence-corrected chi connectivity index (χ4v) is 2.92. The van der Waals surface area contributed by atoms with Crippen molar-refractivity contribution in [1.82, 2.24) is 5.32 Å². The molecule has 3 heteroatoms. The van der Waals surface area contributed by atoms with Crippen LogP contribution >= 0.6 is 11.8 Å². The first-order chi connectivity index (χ1) is 10.0. The van der Waals surface area contributed by atoms with Crippen LogP contribution in [0.3, 0.4) is 0 Å². The van der Waals surface area contributed by atoms with Gasteiger partial charge < -0.3 is 5.32 Å². The topological polar surface area (TPSA) is 12.0 Å². The molecule has 0 saturated carbocycles. The smallest absolute Gasteiger partial charge is 0.137 e. The first-order valence-electron chi connectivity index (χ1n) is 7.25. The summed E-state index contributed by atoms with van der Waals surface area (Å²) in [6.07, 6.45) is 0. The van der Waals surface area contributed by atoms with Crippen LogP contribution in [-0.2, 0) is 12.3 Å². The van der Waals surface area contributed by atoms with Crippen molar-refractivity contribution in [1.29, 1.82) is 0 Å². The highest BCUT2D eigenvalue weighted by Crippen LogP contribution is 2.26. The van der Waals surface area contributed by atoms with Crippen molar-refractivity contribution >= 4 is 11.8 Å². The van der Waals surface area contributed by atoms with Crippen molar-refractivity contribution in [3.63, 3.8) is 0 Å². The predicted octanol–water partition coefficient (Wildman–Crippen LogP) is 4.92. The number of nitrogens with one attached hydrogen (secondary N) is 1. The second-order valence-corrected chi connectivity index (χ2v) is 6.60. The molecule has 2 aromatic rings. The Bertz CT molecular complexity index is 596. The minimum absolute atomic E-state index is 0.129. The zero-order valence-electron chi connectivity index (χ0n) is 12.8. The fraction of sp³-hybridized carbons (Fsp3) is 0.333. The molecule has 0 fully saturated rings. The predicted molar refractivity (Wildman–Crippen MR) is 89.1 cm³/mol. The molecule has 0 aliphatic heterocycles. The maximum atomic E-state index is 14.1. The third-order valence-corrected chi connectivity index (χ3v) is 4.31. The maximum Gasteiger partial charge on any atom is 0.137 e. The summed E-state index contributed by atoms with van der Waals surface area (Å²) in [5, 5.41) is 3.30. The van der Waals surface area contributed by atoms with Gasteiger partial charge in [-0.15, -0.1) is 11.8 Å². The van der Waals surface area contributed by atoms with Crippen molar-refractivity contribution in [3.05, 3.63) is 65.0 Å². The van der Waals surface area contributed by atoms with E-state index < -0.39 is 0 Å². The summed E-state index contributed by atoms with van der Waals surface area (Å²) in [6, 6.07) is 14.3. The van der Waals surface area contributed by atoms with Gasteiger partial charge in [-0.05, 0) is 30.2 Å². The van der Waals surface area contributed by atoms with Crippen molar-refractivity contribution in [2.24, 2.45) is 0 Å². The average Bonchev–Trinajstić information content (AvgIpc) is 2.44. The van der Waals surface area contributed by atoms with Crippen molar-refractivity contribution < 1.29 is 4.39 Å². The Hall–Kier alpha value is -1.32. The Balaban J connectivity index is 1.97. The van der Waals surface area contributed by atoms with Gasteiger partial charge in [0.15, 0.2) is 0 Å². The fourth-order valence-electron chi connectivity index (χ4n) is 2.06. The van der Waals surface area contributed by atoms with Gasteiger partial charge in [-0.3, -0.25) is 0 Å². The van der Waals surface area contributed by atoms with Crippen LogP contribution in [0.15, 0.2) is 47.4 Å². The molecule has 0 aliphatic rings. The Morgan fingerprint density at radius 3 is 2.57 bits per heavy atom. The van der Waals surface area contributed by atoms with Crippen LogP contribution in [0.1, 0.15) is 30.5 Å². The monoisotopic (exact) mass is 303 g/mol. The first-order valence-corrected chi connectivity index (χ1v) is 8.23. The van der Waals surface area contributed by atoms with Gasteiger partial charge in [0, 0.05) is 23.2 Å². The normalized spacial score (nSPS) is 11.1. The summed E-state index contributed by atoms with van der Waals surface area (Å²) < 4.78 is 14.1. The van der Waals surface area contributed by atoms with Gasteiger partial charge in [0.05, 0.1) is 0 Å². The lowest BCUT2D eigenvalue weighted by molar-refractivity contribution is 0.574. The first kappa shape index (κ1) is 16.1. The minimum atomic E-state index is -0.129. The molecule has 0 radical (unpaired) electrons. The molecule has 0 heterocycles. The molecule has 112 valence electrons. The number of hydrogen-bond acceptors (Lipinski definition) is 2. The van der Waals surface area contributed by atoms with Crippen LogP contribution < -0.4 is 5.32 Å². The molecule has 0 aliphatic carbocycles. The molecule has 0 amide bonds. The summed E-state index contributed by atoms with van der Waals surface area (Å²) in [6.45, 7) is 6.95. The zero-order valence-corrected chi connectivity index (χ0v) is 13.6. The molecule has 0 atom stereocenters. The number of hydrogen-bond donors (Lipinski definition) is 1. The lowest BCUT2D eigenvalue weighted by atomic mass is 10.2. The Morgan fingerprint density at radius 2 is 1.90 bits per heavy atom. The SMILES string of the molecule is Cc1cccc(CSc2ccc(CNC(C)C)cc2F)c1. The molecule has 0 unspecified atom stereocenters. The van der Waals surface area contributed by atoms with Crippen LogP contribution in [0, 0.1) is 12.7 Å². The largest absolute Gasteiger partial charge is 0.310 e. The molecule has 0 bridgehead atoms. The molecular weight excluding hydrogens is 281 g/mol. The highest BCUT2D eigenvalue weighted by atomic mass is 32.2. The molecule has 1 N–H and O–H groups in total. The summed E-state index contributed by atoms with van der Waals surface area (Å²) in [5.74, 6) is 0.665. The Labute approximate surface area is 131 Å². The summed E-state index contributed by atoms with van der Waals surface area (Å²) in [5.41, 5.74) is 3.45. The Morgan fingerprint density at radius 1 is 1.10 bits per heavy atom. The summed E-state index contributed by atoms with van der Waals surface area (Å²) in [4.78, 5) is 0.713.